The molecule has 1 saturated heterocycles. The first-order valence-corrected chi connectivity index (χ1v) is 7.53. The predicted octanol–water partition coefficient (Wildman–Crippen LogP) is 0.830. The standard InChI is InChI=1S/C11H19N3O3S/c1-8(2)18(15,16)14-4-5-17-10(7-14)11-12-6-9(3)13-11/h6,8,10H,4-5,7H2,1-3H3,(H,12,13)/t10-/m1/s1. The first-order valence-electron chi connectivity index (χ1n) is 6.03. The van der Waals surface area contributed by atoms with Gasteiger partial charge in [0.2, 0.25) is 10.0 Å². The van der Waals surface area contributed by atoms with E-state index >= 15 is 0 Å². The van der Waals surface area contributed by atoms with Crippen LogP contribution in [0.2, 0.25) is 0 Å². The lowest BCUT2D eigenvalue weighted by Crippen LogP contribution is -2.45. The number of hydrogen-bond acceptors (Lipinski definition) is 4. The molecule has 7 heteroatoms. The van der Waals surface area contributed by atoms with E-state index in [1.807, 2.05) is 6.92 Å². The predicted molar refractivity (Wildman–Crippen MR) is 67.6 cm³/mol. The molecular weight excluding hydrogens is 254 g/mol. The highest BCUT2D eigenvalue weighted by Gasteiger charge is 2.33. The van der Waals surface area contributed by atoms with Gasteiger partial charge in [-0.1, -0.05) is 0 Å². The minimum atomic E-state index is -3.22. The highest BCUT2D eigenvalue weighted by atomic mass is 32.2. The van der Waals surface area contributed by atoms with E-state index in [2.05, 4.69) is 9.97 Å². The normalized spacial score (nSPS) is 22.6. The lowest BCUT2D eigenvalue weighted by molar-refractivity contribution is -0.00729. The van der Waals surface area contributed by atoms with Gasteiger partial charge in [-0.3, -0.25) is 0 Å². The second kappa shape index (κ2) is 4.99. The molecule has 0 unspecified atom stereocenters. The molecule has 1 aliphatic heterocycles. The zero-order valence-corrected chi connectivity index (χ0v) is 11.7. The number of H-pyrrole nitrogens is 1. The SMILES string of the molecule is Cc1cnc([C@H]2CN(S(=O)(=O)C(C)C)CCO2)[nH]1. The molecule has 1 N–H and O–H groups in total. The van der Waals surface area contributed by atoms with Crippen molar-refractivity contribution in [3.05, 3.63) is 17.7 Å². The summed E-state index contributed by atoms with van der Waals surface area (Å²) in [4.78, 5) is 7.29. The van der Waals surface area contributed by atoms with Crippen molar-refractivity contribution in [3.63, 3.8) is 0 Å². The Labute approximate surface area is 107 Å². The Bertz CT molecular complexity index is 509. The lowest BCUT2D eigenvalue weighted by atomic mass is 10.3. The number of aromatic amines is 1. The number of ether oxygens (including phenoxy) is 1. The Morgan fingerprint density at radius 2 is 2.28 bits per heavy atom. The summed E-state index contributed by atoms with van der Waals surface area (Å²) in [6.07, 6.45) is 1.41. The Morgan fingerprint density at radius 3 is 2.83 bits per heavy atom. The van der Waals surface area contributed by atoms with E-state index in [9.17, 15) is 8.42 Å². The number of nitrogens with one attached hydrogen (secondary N) is 1. The average molecular weight is 273 g/mol. The van der Waals surface area contributed by atoms with Gasteiger partial charge >= 0.3 is 0 Å². The molecule has 1 aromatic rings. The second-order valence-electron chi connectivity index (χ2n) is 4.76. The zero-order valence-electron chi connectivity index (χ0n) is 10.9. The van der Waals surface area contributed by atoms with Gasteiger partial charge < -0.3 is 9.72 Å². The van der Waals surface area contributed by atoms with E-state index in [-0.39, 0.29) is 6.10 Å². The lowest BCUT2D eigenvalue weighted by Gasteiger charge is -2.32. The van der Waals surface area contributed by atoms with E-state index in [1.165, 1.54) is 4.31 Å². The fraction of sp³-hybridized carbons (Fsp3) is 0.727. The molecule has 0 bridgehead atoms. The van der Waals surface area contributed by atoms with Crippen LogP contribution in [-0.2, 0) is 14.8 Å². The molecule has 0 spiro atoms. The van der Waals surface area contributed by atoms with Gasteiger partial charge in [0, 0.05) is 25.0 Å². The number of aromatic nitrogens is 2. The summed E-state index contributed by atoms with van der Waals surface area (Å²) in [5.74, 6) is 0.691. The number of nitrogens with zero attached hydrogens (tertiary/aromatic N) is 2. The molecule has 0 aromatic carbocycles. The Kier molecular flexibility index (Phi) is 3.74. The summed E-state index contributed by atoms with van der Waals surface area (Å²) in [5.41, 5.74) is 0.942. The number of sulfonamides is 1. The van der Waals surface area contributed by atoms with Crippen molar-refractivity contribution in [1.82, 2.24) is 14.3 Å². The van der Waals surface area contributed by atoms with Crippen molar-refractivity contribution in [2.24, 2.45) is 0 Å². The molecule has 1 aliphatic rings. The molecule has 6 nitrogen and oxygen atoms in total. The van der Waals surface area contributed by atoms with Crippen LogP contribution in [0.3, 0.4) is 0 Å². The van der Waals surface area contributed by atoms with Crippen molar-refractivity contribution in [1.29, 1.82) is 0 Å². The Morgan fingerprint density at radius 1 is 1.56 bits per heavy atom. The highest BCUT2D eigenvalue weighted by Crippen LogP contribution is 2.23. The van der Waals surface area contributed by atoms with Crippen molar-refractivity contribution in [3.8, 4) is 0 Å². The van der Waals surface area contributed by atoms with Crippen LogP contribution in [0.25, 0.3) is 0 Å². The quantitative estimate of drug-likeness (QED) is 0.885. The number of hydrogen-bond donors (Lipinski definition) is 1. The monoisotopic (exact) mass is 273 g/mol. The molecule has 1 atom stereocenters. The van der Waals surface area contributed by atoms with Gasteiger partial charge in [-0.25, -0.2) is 13.4 Å². The first kappa shape index (κ1) is 13.5. The zero-order chi connectivity index (χ0) is 13.3. The van der Waals surface area contributed by atoms with Crippen LogP contribution in [0.4, 0.5) is 0 Å². The topological polar surface area (TPSA) is 75.3 Å². The number of rotatable bonds is 3. The second-order valence-corrected chi connectivity index (χ2v) is 7.25. The average Bonchev–Trinajstić information content (AvgIpc) is 2.76. The van der Waals surface area contributed by atoms with Crippen molar-refractivity contribution >= 4 is 10.0 Å². The highest BCUT2D eigenvalue weighted by molar-refractivity contribution is 7.89. The number of morpholine rings is 1. The first-order chi connectivity index (χ1) is 8.41. The van der Waals surface area contributed by atoms with E-state index in [4.69, 9.17) is 4.74 Å². The van der Waals surface area contributed by atoms with Crippen LogP contribution >= 0.6 is 0 Å². The minimum absolute atomic E-state index is 0.305. The maximum absolute atomic E-state index is 12.1. The molecular formula is C11H19N3O3S. The third-order valence-electron chi connectivity index (χ3n) is 3.01. The third kappa shape index (κ3) is 2.57. The maximum atomic E-state index is 12.1. The molecule has 102 valence electrons. The summed E-state index contributed by atoms with van der Waals surface area (Å²) in [6, 6.07) is 0. The summed E-state index contributed by atoms with van der Waals surface area (Å²) in [5, 5.41) is -0.408. The largest absolute Gasteiger partial charge is 0.368 e. The summed E-state index contributed by atoms with van der Waals surface area (Å²) in [7, 11) is -3.22. The fourth-order valence-electron chi connectivity index (χ4n) is 1.92. The van der Waals surface area contributed by atoms with Crippen LogP contribution in [0.5, 0.6) is 0 Å². The van der Waals surface area contributed by atoms with E-state index in [0.29, 0.717) is 25.5 Å². The Hall–Kier alpha value is -0.920. The number of aryl methyl sites for hydroxylation is 1. The van der Waals surface area contributed by atoms with Gasteiger partial charge in [0.1, 0.15) is 11.9 Å². The summed E-state index contributed by atoms with van der Waals surface area (Å²) >= 11 is 0. The van der Waals surface area contributed by atoms with Crippen molar-refractivity contribution < 1.29 is 13.2 Å². The molecule has 0 amide bonds. The van der Waals surface area contributed by atoms with Crippen molar-refractivity contribution in [2.45, 2.75) is 32.1 Å². The molecule has 1 aromatic heterocycles. The van der Waals surface area contributed by atoms with Crippen LogP contribution < -0.4 is 0 Å². The van der Waals surface area contributed by atoms with Crippen LogP contribution in [-0.4, -0.2) is 47.6 Å². The molecule has 0 aliphatic carbocycles. The molecule has 0 radical (unpaired) electrons. The van der Waals surface area contributed by atoms with Gasteiger partial charge in [-0.2, -0.15) is 4.31 Å². The van der Waals surface area contributed by atoms with Crippen LogP contribution in [0.15, 0.2) is 6.20 Å². The fourth-order valence-corrected chi connectivity index (χ4v) is 3.19. The third-order valence-corrected chi connectivity index (χ3v) is 5.26. The summed E-state index contributed by atoms with van der Waals surface area (Å²) in [6.45, 7) is 6.43. The molecule has 2 heterocycles. The van der Waals surface area contributed by atoms with E-state index in [0.717, 1.165) is 5.69 Å². The molecule has 1 fully saturated rings. The van der Waals surface area contributed by atoms with Crippen LogP contribution in [0, 0.1) is 6.92 Å². The smallest absolute Gasteiger partial charge is 0.216 e. The molecule has 0 saturated carbocycles. The summed E-state index contributed by atoms with van der Waals surface area (Å²) < 4.78 is 31.3. The van der Waals surface area contributed by atoms with E-state index in [1.54, 1.807) is 20.0 Å². The Balaban J connectivity index is 2.14. The van der Waals surface area contributed by atoms with E-state index < -0.39 is 15.3 Å². The van der Waals surface area contributed by atoms with Gasteiger partial charge in [0.05, 0.1) is 11.9 Å². The molecule has 2 rings (SSSR count). The van der Waals surface area contributed by atoms with Gasteiger partial charge in [0.25, 0.3) is 0 Å². The van der Waals surface area contributed by atoms with Crippen LogP contribution in [0.1, 0.15) is 31.5 Å². The van der Waals surface area contributed by atoms with Gasteiger partial charge in [-0.05, 0) is 20.8 Å². The molecule has 18 heavy (non-hydrogen) atoms. The minimum Gasteiger partial charge on any atom is -0.368 e. The van der Waals surface area contributed by atoms with Gasteiger partial charge in [0.15, 0.2) is 0 Å². The maximum Gasteiger partial charge on any atom is 0.216 e. The van der Waals surface area contributed by atoms with Crippen molar-refractivity contribution in [2.75, 3.05) is 19.7 Å². The van der Waals surface area contributed by atoms with Gasteiger partial charge in [-0.15, -0.1) is 0 Å². The number of imidazole rings is 1.